The number of hydrogen-bond donors (Lipinski definition) is 4. The Labute approximate surface area is 153 Å². The van der Waals surface area contributed by atoms with Crippen molar-refractivity contribution in [2.24, 2.45) is 0 Å². The van der Waals surface area contributed by atoms with E-state index in [1.807, 2.05) is 26.0 Å². The van der Waals surface area contributed by atoms with Gasteiger partial charge in [0.05, 0.1) is 6.10 Å². The van der Waals surface area contributed by atoms with Gasteiger partial charge in [-0.05, 0) is 67.8 Å². The molecule has 4 N–H and O–H groups in total. The summed E-state index contributed by atoms with van der Waals surface area (Å²) in [6, 6.07) is 12.1. The number of carboxylic acid groups (broad SMARTS) is 1. The standard InChI is InChI=1S/C20H25NO5/c1-13-11-16(22)5-8-18(13)20(25)14(2)21-10-9-15-3-6-17(7-4-15)26-12-19(23)24/h3-8,11,14,20-22,25H,9-10,12H2,1-2H3,(H,23,24)/t14-,20-/m0/s1. The Kier molecular flexibility index (Phi) is 7.00. The molecule has 2 aromatic carbocycles. The Morgan fingerprint density at radius 1 is 1.19 bits per heavy atom. The smallest absolute Gasteiger partial charge is 0.341 e. The Morgan fingerprint density at radius 2 is 1.88 bits per heavy atom. The summed E-state index contributed by atoms with van der Waals surface area (Å²) in [6.07, 6.45) is 0.104. The summed E-state index contributed by atoms with van der Waals surface area (Å²) in [4.78, 5) is 10.5. The topological polar surface area (TPSA) is 99.0 Å². The van der Waals surface area contributed by atoms with Crippen molar-refractivity contribution in [2.45, 2.75) is 32.4 Å². The van der Waals surface area contributed by atoms with Gasteiger partial charge < -0.3 is 25.4 Å². The number of rotatable bonds is 9. The summed E-state index contributed by atoms with van der Waals surface area (Å²) in [5.74, 6) is -0.291. The van der Waals surface area contributed by atoms with E-state index in [9.17, 15) is 15.0 Å². The van der Waals surface area contributed by atoms with Crippen LogP contribution in [0.5, 0.6) is 11.5 Å². The first-order valence-corrected chi connectivity index (χ1v) is 8.51. The number of ether oxygens (including phenoxy) is 1. The molecule has 0 aliphatic rings. The predicted octanol–water partition coefficient (Wildman–Crippen LogP) is 2.42. The van der Waals surface area contributed by atoms with Gasteiger partial charge in [0.1, 0.15) is 11.5 Å². The molecule has 6 heteroatoms. The first-order valence-electron chi connectivity index (χ1n) is 8.51. The second kappa shape index (κ2) is 9.22. The molecule has 0 amide bonds. The number of benzene rings is 2. The number of aromatic hydroxyl groups is 1. The zero-order valence-corrected chi connectivity index (χ0v) is 15.0. The number of aliphatic hydroxyl groups excluding tert-OH is 1. The zero-order valence-electron chi connectivity index (χ0n) is 15.0. The fourth-order valence-corrected chi connectivity index (χ4v) is 2.71. The first kappa shape index (κ1) is 19.8. The molecule has 0 radical (unpaired) electrons. The van der Waals surface area contributed by atoms with Crippen LogP contribution in [0, 0.1) is 6.92 Å². The lowest BCUT2D eigenvalue weighted by Crippen LogP contribution is -2.34. The molecule has 0 fully saturated rings. The van der Waals surface area contributed by atoms with Crippen LogP contribution in [0.2, 0.25) is 0 Å². The van der Waals surface area contributed by atoms with E-state index in [2.05, 4.69) is 5.32 Å². The number of phenols is 1. The van der Waals surface area contributed by atoms with E-state index >= 15 is 0 Å². The number of aliphatic hydroxyl groups is 1. The lowest BCUT2D eigenvalue weighted by molar-refractivity contribution is -0.139. The van der Waals surface area contributed by atoms with Crippen LogP contribution in [0.3, 0.4) is 0 Å². The van der Waals surface area contributed by atoms with Gasteiger partial charge in [-0.3, -0.25) is 0 Å². The molecule has 0 aromatic heterocycles. The molecule has 2 aromatic rings. The molecule has 0 bridgehead atoms. The largest absolute Gasteiger partial charge is 0.508 e. The van der Waals surface area contributed by atoms with Crippen LogP contribution in [0.15, 0.2) is 42.5 Å². The van der Waals surface area contributed by atoms with Crippen LogP contribution in [0.4, 0.5) is 0 Å². The number of phenolic OH excluding ortho intramolecular Hbond substituents is 1. The van der Waals surface area contributed by atoms with E-state index in [0.717, 1.165) is 23.1 Å². The third-order valence-electron chi connectivity index (χ3n) is 4.21. The van der Waals surface area contributed by atoms with Crippen LogP contribution in [-0.4, -0.2) is 40.5 Å². The maximum absolute atomic E-state index is 10.5. The summed E-state index contributed by atoms with van der Waals surface area (Å²) >= 11 is 0. The highest BCUT2D eigenvalue weighted by atomic mass is 16.5. The molecule has 0 spiro atoms. The lowest BCUT2D eigenvalue weighted by atomic mass is 9.98. The highest BCUT2D eigenvalue weighted by molar-refractivity contribution is 5.68. The molecule has 26 heavy (non-hydrogen) atoms. The number of hydrogen-bond acceptors (Lipinski definition) is 5. The van der Waals surface area contributed by atoms with Gasteiger partial charge in [0.25, 0.3) is 0 Å². The van der Waals surface area contributed by atoms with Gasteiger partial charge in [-0.2, -0.15) is 0 Å². The number of carboxylic acids is 1. The van der Waals surface area contributed by atoms with Crippen molar-refractivity contribution in [2.75, 3.05) is 13.2 Å². The molecule has 140 valence electrons. The number of carbonyl (C=O) groups is 1. The average molecular weight is 359 g/mol. The maximum atomic E-state index is 10.5. The molecule has 0 aliphatic heterocycles. The summed E-state index contributed by atoms with van der Waals surface area (Å²) in [6.45, 7) is 4.11. The van der Waals surface area contributed by atoms with Gasteiger partial charge in [0.15, 0.2) is 6.61 Å². The highest BCUT2D eigenvalue weighted by Crippen LogP contribution is 2.24. The summed E-state index contributed by atoms with van der Waals surface area (Å²) in [7, 11) is 0. The van der Waals surface area contributed by atoms with Crippen molar-refractivity contribution in [3.63, 3.8) is 0 Å². The number of nitrogens with one attached hydrogen (secondary N) is 1. The molecule has 2 atom stereocenters. The minimum absolute atomic E-state index is 0.142. The minimum atomic E-state index is -1.00. The molecular formula is C20H25NO5. The van der Waals surface area contributed by atoms with E-state index in [4.69, 9.17) is 9.84 Å². The predicted molar refractivity (Wildman–Crippen MR) is 98.5 cm³/mol. The van der Waals surface area contributed by atoms with Crippen molar-refractivity contribution in [3.05, 3.63) is 59.2 Å². The molecule has 0 heterocycles. The van der Waals surface area contributed by atoms with Crippen molar-refractivity contribution < 1.29 is 24.9 Å². The number of aryl methyl sites for hydroxylation is 1. The Morgan fingerprint density at radius 3 is 2.50 bits per heavy atom. The quantitative estimate of drug-likeness (QED) is 0.549. The highest BCUT2D eigenvalue weighted by Gasteiger charge is 2.17. The molecule has 0 saturated heterocycles. The fourth-order valence-electron chi connectivity index (χ4n) is 2.71. The van der Waals surface area contributed by atoms with Crippen LogP contribution < -0.4 is 10.1 Å². The van der Waals surface area contributed by atoms with E-state index < -0.39 is 12.1 Å². The molecular weight excluding hydrogens is 334 g/mol. The molecule has 0 aliphatic carbocycles. The monoisotopic (exact) mass is 359 g/mol. The van der Waals surface area contributed by atoms with Gasteiger partial charge in [-0.25, -0.2) is 4.79 Å². The van der Waals surface area contributed by atoms with Gasteiger partial charge in [-0.15, -0.1) is 0 Å². The normalized spacial score (nSPS) is 13.2. The fraction of sp³-hybridized carbons (Fsp3) is 0.350. The molecule has 2 rings (SSSR count). The third-order valence-corrected chi connectivity index (χ3v) is 4.21. The number of aliphatic carboxylic acids is 1. The van der Waals surface area contributed by atoms with Crippen molar-refractivity contribution >= 4 is 5.97 Å². The second-order valence-electron chi connectivity index (χ2n) is 6.30. The van der Waals surface area contributed by atoms with E-state index in [1.54, 1.807) is 30.3 Å². The molecule has 0 saturated carbocycles. The van der Waals surface area contributed by atoms with Gasteiger partial charge >= 0.3 is 5.97 Å². The maximum Gasteiger partial charge on any atom is 0.341 e. The zero-order chi connectivity index (χ0) is 19.1. The van der Waals surface area contributed by atoms with Gasteiger partial charge in [0, 0.05) is 6.04 Å². The van der Waals surface area contributed by atoms with Crippen molar-refractivity contribution in [1.82, 2.24) is 5.32 Å². The van der Waals surface area contributed by atoms with Crippen LogP contribution in [0.25, 0.3) is 0 Å². The summed E-state index contributed by atoms with van der Waals surface area (Å²) < 4.78 is 5.10. The SMILES string of the molecule is Cc1cc(O)ccc1[C@@H](O)[C@H](C)NCCc1ccc(OCC(=O)O)cc1. The van der Waals surface area contributed by atoms with Crippen molar-refractivity contribution in [3.8, 4) is 11.5 Å². The van der Waals surface area contributed by atoms with Crippen molar-refractivity contribution in [1.29, 1.82) is 0 Å². The Hall–Kier alpha value is -2.57. The van der Waals surface area contributed by atoms with Crippen LogP contribution >= 0.6 is 0 Å². The average Bonchev–Trinajstić information content (AvgIpc) is 2.60. The molecule has 6 nitrogen and oxygen atoms in total. The van der Waals surface area contributed by atoms with E-state index in [0.29, 0.717) is 12.3 Å². The Bertz CT molecular complexity index is 729. The van der Waals surface area contributed by atoms with E-state index in [-0.39, 0.29) is 18.4 Å². The third kappa shape index (κ3) is 5.75. The van der Waals surface area contributed by atoms with Crippen LogP contribution in [-0.2, 0) is 11.2 Å². The van der Waals surface area contributed by atoms with E-state index in [1.165, 1.54) is 0 Å². The van der Waals surface area contributed by atoms with Gasteiger partial charge in [-0.1, -0.05) is 18.2 Å². The minimum Gasteiger partial charge on any atom is -0.508 e. The first-order chi connectivity index (χ1) is 12.4. The molecule has 0 unspecified atom stereocenters. The second-order valence-corrected chi connectivity index (χ2v) is 6.30. The lowest BCUT2D eigenvalue weighted by Gasteiger charge is -2.22. The summed E-state index contributed by atoms with van der Waals surface area (Å²) in [5.41, 5.74) is 2.73. The summed E-state index contributed by atoms with van der Waals surface area (Å²) in [5, 5.41) is 31.9. The Balaban J connectivity index is 1.82. The van der Waals surface area contributed by atoms with Crippen LogP contribution in [0.1, 0.15) is 29.7 Å². The van der Waals surface area contributed by atoms with Gasteiger partial charge in [0.2, 0.25) is 0 Å².